The summed E-state index contributed by atoms with van der Waals surface area (Å²) in [6.07, 6.45) is 0. The summed E-state index contributed by atoms with van der Waals surface area (Å²) in [5.41, 5.74) is -0.966. The Labute approximate surface area is 125 Å². The van der Waals surface area contributed by atoms with E-state index in [0.29, 0.717) is 0 Å². The van der Waals surface area contributed by atoms with Crippen molar-refractivity contribution in [3.05, 3.63) is 0 Å². The molecule has 21 heavy (non-hydrogen) atoms. The largest absolute Gasteiger partial charge is 0.418 e. The molecule has 0 aromatic carbocycles. The summed E-state index contributed by atoms with van der Waals surface area (Å²) < 4.78 is 69.5. The monoisotopic (exact) mass is 367 g/mol. The molecule has 1 N–H and O–H groups in total. The Morgan fingerprint density at radius 2 is 1.19 bits per heavy atom. The topological polar surface area (TPSA) is 117 Å². The maximum absolute atomic E-state index is 12.2. The zero-order valence-electron chi connectivity index (χ0n) is 12.6. The van der Waals surface area contributed by atoms with E-state index in [4.69, 9.17) is 18.1 Å². The third-order valence-electron chi connectivity index (χ3n) is 1.83. The summed E-state index contributed by atoms with van der Waals surface area (Å²) in [4.78, 5) is 0. The molecule has 0 aliphatic heterocycles. The summed E-state index contributed by atoms with van der Waals surface area (Å²) in [6, 6.07) is 0. The predicted molar refractivity (Wildman–Crippen MR) is 78.6 cm³/mol. The van der Waals surface area contributed by atoms with Gasteiger partial charge in [0.05, 0.1) is 26.4 Å². The summed E-state index contributed by atoms with van der Waals surface area (Å²) in [6.45, 7) is 6.16. The van der Waals surface area contributed by atoms with Crippen molar-refractivity contribution in [1.29, 1.82) is 0 Å². The second kappa shape index (κ2) is 9.37. The maximum atomic E-state index is 12.2. The minimum Gasteiger partial charge on any atom is -0.308 e. The lowest BCUT2D eigenvalue weighted by atomic mass is 10.9. The quantitative estimate of drug-likeness (QED) is 0.522. The van der Waals surface area contributed by atoms with E-state index in [1.807, 2.05) is 0 Å². The number of hydrogen-bond acceptors (Lipinski definition) is 8. The van der Waals surface area contributed by atoms with Crippen LogP contribution in [0.1, 0.15) is 27.7 Å². The highest BCUT2D eigenvalue weighted by atomic mass is 32.2. The van der Waals surface area contributed by atoms with E-state index in [0.717, 1.165) is 0 Å². The van der Waals surface area contributed by atoms with Crippen LogP contribution in [-0.2, 0) is 37.2 Å². The fourth-order valence-corrected chi connectivity index (χ4v) is 7.75. The second-order valence-corrected chi connectivity index (χ2v) is 9.86. The summed E-state index contributed by atoms with van der Waals surface area (Å²) in [7, 11) is -12.1. The van der Waals surface area contributed by atoms with Gasteiger partial charge >= 0.3 is 15.3 Å². The third kappa shape index (κ3) is 8.42. The highest BCUT2D eigenvalue weighted by Gasteiger charge is 2.37. The molecule has 128 valence electrons. The lowest BCUT2D eigenvalue weighted by Gasteiger charge is -2.20. The number of nitrogens with one attached hydrogen (secondary N) is 1. The SMILES string of the molecule is CCOP(=O)(CS(=O)(=O)NP(=O)(OCC)OCC)OCC. The molecule has 0 saturated carbocycles. The van der Waals surface area contributed by atoms with Gasteiger partial charge in [-0.3, -0.25) is 13.6 Å². The zero-order valence-corrected chi connectivity index (χ0v) is 15.2. The first-order valence-corrected chi connectivity index (χ1v) is 11.4. The van der Waals surface area contributed by atoms with Crippen molar-refractivity contribution in [3.8, 4) is 0 Å². The van der Waals surface area contributed by atoms with Gasteiger partial charge in [0.15, 0.2) is 5.49 Å². The summed E-state index contributed by atoms with van der Waals surface area (Å²) in [5.74, 6) is 0. The smallest absolute Gasteiger partial charge is 0.308 e. The van der Waals surface area contributed by atoms with Gasteiger partial charge in [-0.2, -0.15) is 0 Å². The highest BCUT2D eigenvalue weighted by Crippen LogP contribution is 2.51. The number of rotatable bonds is 12. The molecule has 0 aromatic heterocycles. The van der Waals surface area contributed by atoms with E-state index in [-0.39, 0.29) is 26.4 Å². The van der Waals surface area contributed by atoms with Gasteiger partial charge in [0.1, 0.15) is 0 Å². The standard InChI is InChI=1S/C9H23NO8P2S/c1-5-15-19(11,16-6-2)9-21(13,14)10-20(12,17-7-3)18-8-4/h5-9H2,1-4H3,(H,10,12). The molecule has 0 spiro atoms. The highest BCUT2D eigenvalue weighted by molar-refractivity contribution is 8.00. The molecule has 9 nitrogen and oxygen atoms in total. The molecule has 0 bridgehead atoms. The first kappa shape index (κ1) is 21.2. The van der Waals surface area contributed by atoms with Crippen LogP contribution in [0.2, 0.25) is 0 Å². The van der Waals surface area contributed by atoms with Gasteiger partial charge < -0.3 is 9.05 Å². The lowest BCUT2D eigenvalue weighted by molar-refractivity contribution is 0.217. The van der Waals surface area contributed by atoms with Crippen molar-refractivity contribution in [2.45, 2.75) is 27.7 Å². The first-order chi connectivity index (χ1) is 9.66. The predicted octanol–water partition coefficient (Wildman–Crippen LogP) is 2.31. The fraction of sp³-hybridized carbons (Fsp3) is 1.00. The van der Waals surface area contributed by atoms with Crippen molar-refractivity contribution < 1.29 is 35.6 Å². The van der Waals surface area contributed by atoms with Gasteiger partial charge in [0.25, 0.3) is 0 Å². The summed E-state index contributed by atoms with van der Waals surface area (Å²) in [5, 5.41) is 0. The molecule has 0 amide bonds. The third-order valence-corrected chi connectivity index (χ3v) is 8.96. The van der Waals surface area contributed by atoms with Crippen LogP contribution in [0.3, 0.4) is 0 Å². The van der Waals surface area contributed by atoms with E-state index >= 15 is 0 Å². The molecule has 0 aliphatic carbocycles. The van der Waals surface area contributed by atoms with Gasteiger partial charge in [0, 0.05) is 0 Å². The van der Waals surface area contributed by atoms with Gasteiger partial charge in [-0.05, 0) is 27.7 Å². The molecule has 12 heteroatoms. The molecular formula is C9H23NO8P2S. The van der Waals surface area contributed by atoms with Crippen molar-refractivity contribution in [2.75, 3.05) is 31.9 Å². The van der Waals surface area contributed by atoms with E-state index < -0.39 is 30.9 Å². The molecule has 0 aromatic rings. The Hall–Kier alpha value is 0.210. The van der Waals surface area contributed by atoms with Crippen LogP contribution in [0, 0.1) is 0 Å². The molecule has 0 rings (SSSR count). The van der Waals surface area contributed by atoms with Crippen molar-refractivity contribution in [1.82, 2.24) is 4.49 Å². The Bertz CT molecular complexity index is 436. The van der Waals surface area contributed by atoms with E-state index in [9.17, 15) is 17.5 Å². The van der Waals surface area contributed by atoms with E-state index in [1.165, 1.54) is 13.8 Å². The van der Waals surface area contributed by atoms with Gasteiger partial charge in [0.2, 0.25) is 10.0 Å². The molecule has 0 unspecified atom stereocenters. The second-order valence-electron chi connectivity index (χ2n) is 3.61. The van der Waals surface area contributed by atoms with E-state index in [1.54, 1.807) is 18.3 Å². The molecular weight excluding hydrogens is 344 g/mol. The minimum atomic E-state index is -4.26. The number of hydrogen-bond donors (Lipinski definition) is 1. The molecule has 0 radical (unpaired) electrons. The first-order valence-electron chi connectivity index (χ1n) is 6.44. The zero-order chi connectivity index (χ0) is 16.6. The van der Waals surface area contributed by atoms with Gasteiger partial charge in [-0.15, -0.1) is 4.49 Å². The lowest BCUT2D eigenvalue weighted by Crippen LogP contribution is -2.26. The van der Waals surface area contributed by atoms with Crippen LogP contribution >= 0.6 is 15.3 Å². The maximum Gasteiger partial charge on any atom is 0.418 e. The van der Waals surface area contributed by atoms with Gasteiger partial charge in [-0.1, -0.05) is 0 Å². The van der Waals surface area contributed by atoms with Crippen LogP contribution in [0.4, 0.5) is 0 Å². The minimum absolute atomic E-state index is 0.0153. The van der Waals surface area contributed by atoms with Crippen LogP contribution in [0.25, 0.3) is 0 Å². The molecule has 0 aliphatic rings. The van der Waals surface area contributed by atoms with Crippen LogP contribution < -0.4 is 4.49 Å². The Kier molecular flexibility index (Phi) is 9.47. The van der Waals surface area contributed by atoms with Crippen molar-refractivity contribution in [2.24, 2.45) is 0 Å². The fourth-order valence-electron chi connectivity index (χ4n) is 1.34. The Morgan fingerprint density at radius 1 is 0.810 bits per heavy atom. The Balaban J connectivity index is 5.11. The average Bonchev–Trinajstić information content (AvgIpc) is 2.27. The molecule has 0 fully saturated rings. The molecule has 0 heterocycles. The Morgan fingerprint density at radius 3 is 1.52 bits per heavy atom. The van der Waals surface area contributed by atoms with Crippen LogP contribution in [-0.4, -0.2) is 40.3 Å². The van der Waals surface area contributed by atoms with Crippen molar-refractivity contribution >= 4 is 25.4 Å². The van der Waals surface area contributed by atoms with Gasteiger partial charge in [-0.25, -0.2) is 13.0 Å². The van der Waals surface area contributed by atoms with E-state index in [2.05, 4.69) is 0 Å². The number of sulfonamides is 1. The summed E-state index contributed by atoms with van der Waals surface area (Å²) >= 11 is 0. The molecule has 0 atom stereocenters. The van der Waals surface area contributed by atoms with Crippen LogP contribution in [0.5, 0.6) is 0 Å². The normalized spacial score (nSPS) is 13.5. The average molecular weight is 367 g/mol. The van der Waals surface area contributed by atoms with Crippen molar-refractivity contribution in [3.63, 3.8) is 0 Å². The van der Waals surface area contributed by atoms with Crippen LogP contribution in [0.15, 0.2) is 0 Å². The molecule has 0 saturated heterocycles.